The van der Waals surface area contributed by atoms with Crippen molar-refractivity contribution in [3.8, 4) is 5.75 Å². The van der Waals surface area contributed by atoms with Crippen LogP contribution in [0.25, 0.3) is 0 Å². The molecule has 0 aromatic heterocycles. The number of carbonyl (C=O) groups is 2. The number of benzene rings is 1. The number of halogens is 6. The summed E-state index contributed by atoms with van der Waals surface area (Å²) in [6.07, 6.45) is -9.75. The van der Waals surface area contributed by atoms with E-state index in [1.54, 1.807) is 20.8 Å². The first-order valence-electron chi connectivity index (χ1n) is 7.34. The van der Waals surface area contributed by atoms with Gasteiger partial charge in [0.15, 0.2) is 6.61 Å². The summed E-state index contributed by atoms with van der Waals surface area (Å²) in [7, 11) is 0. The van der Waals surface area contributed by atoms with Crippen LogP contribution in [0.2, 0.25) is 0 Å². The van der Waals surface area contributed by atoms with Gasteiger partial charge in [0, 0.05) is 0 Å². The van der Waals surface area contributed by atoms with E-state index >= 15 is 0 Å². The topological polar surface area (TPSA) is 52.6 Å². The molecule has 0 bridgehead atoms. The lowest BCUT2D eigenvalue weighted by atomic mass is 9.91. The van der Waals surface area contributed by atoms with Crippen molar-refractivity contribution in [1.29, 1.82) is 0 Å². The predicted octanol–water partition coefficient (Wildman–Crippen LogP) is 4.61. The number of rotatable bonds is 5. The third kappa shape index (κ3) is 5.92. The molecule has 0 fully saturated rings. The second kappa shape index (κ2) is 7.55. The van der Waals surface area contributed by atoms with Crippen LogP contribution < -0.4 is 4.74 Å². The molecule has 0 heterocycles. The summed E-state index contributed by atoms with van der Waals surface area (Å²) >= 11 is 0. The van der Waals surface area contributed by atoms with Crippen LogP contribution in [0.4, 0.5) is 26.3 Å². The molecule has 0 aliphatic rings. The Morgan fingerprint density at radius 1 is 0.923 bits per heavy atom. The smallest absolute Gasteiger partial charge is 0.416 e. The van der Waals surface area contributed by atoms with Gasteiger partial charge >= 0.3 is 24.3 Å². The van der Waals surface area contributed by atoms with Crippen molar-refractivity contribution >= 4 is 11.9 Å². The number of ether oxygens (including phenoxy) is 2. The Hall–Kier alpha value is -2.26. The van der Waals surface area contributed by atoms with Gasteiger partial charge in [-0.05, 0) is 38.5 Å². The van der Waals surface area contributed by atoms with Crippen LogP contribution in [0.1, 0.15) is 38.3 Å². The lowest BCUT2D eigenvalue weighted by molar-refractivity contribution is -0.161. The Morgan fingerprint density at radius 3 is 1.77 bits per heavy atom. The minimum atomic E-state index is -5.07. The number of hydrogen-bond donors (Lipinski definition) is 0. The van der Waals surface area contributed by atoms with E-state index in [4.69, 9.17) is 0 Å². The van der Waals surface area contributed by atoms with E-state index in [0.717, 1.165) is 0 Å². The van der Waals surface area contributed by atoms with Crippen molar-refractivity contribution in [3.63, 3.8) is 0 Å². The molecule has 0 radical (unpaired) electrons. The highest BCUT2D eigenvalue weighted by Crippen LogP contribution is 2.38. The van der Waals surface area contributed by atoms with Gasteiger partial charge in [-0.3, -0.25) is 4.79 Å². The fourth-order valence-corrected chi connectivity index (χ4v) is 1.61. The Bertz CT molecular complexity index is 644. The normalized spacial score (nSPS) is 12.7. The zero-order valence-electron chi connectivity index (χ0n) is 14.0. The van der Waals surface area contributed by atoms with Gasteiger partial charge in [0.05, 0.1) is 16.5 Å². The summed E-state index contributed by atoms with van der Waals surface area (Å²) in [6, 6.07) is 0.414. The molecule has 0 atom stereocenters. The zero-order valence-corrected chi connectivity index (χ0v) is 14.0. The zero-order chi connectivity index (χ0) is 20.3. The summed E-state index contributed by atoms with van der Waals surface area (Å²) in [4.78, 5) is 23.3. The van der Waals surface area contributed by atoms with Crippen molar-refractivity contribution in [2.75, 3.05) is 6.61 Å². The first kappa shape index (κ1) is 21.8. The summed E-state index contributed by atoms with van der Waals surface area (Å²) in [6.45, 7) is 3.84. The van der Waals surface area contributed by atoms with Crippen molar-refractivity contribution in [1.82, 2.24) is 0 Å². The van der Waals surface area contributed by atoms with E-state index in [1.165, 1.54) is 0 Å². The number of hydrogen-bond acceptors (Lipinski definition) is 4. The Labute approximate surface area is 145 Å². The average Bonchev–Trinajstić information content (AvgIpc) is 2.50. The van der Waals surface area contributed by atoms with Crippen LogP contribution in [0.15, 0.2) is 18.2 Å². The largest absolute Gasteiger partial charge is 0.453 e. The Kier molecular flexibility index (Phi) is 6.32. The van der Waals surface area contributed by atoms with Crippen molar-refractivity contribution in [2.24, 2.45) is 5.41 Å². The monoisotopic (exact) mass is 386 g/mol. The SMILES string of the molecule is CCC(C)(C)C(=O)OCC(=O)Oc1cc(C(F)(F)F)cc(C(F)(F)F)c1. The number of alkyl halides is 6. The van der Waals surface area contributed by atoms with E-state index in [1.807, 2.05) is 0 Å². The van der Waals surface area contributed by atoms with Crippen LogP contribution in [0, 0.1) is 5.41 Å². The average molecular weight is 386 g/mol. The van der Waals surface area contributed by atoms with Gasteiger partial charge in [-0.2, -0.15) is 26.3 Å². The number of carbonyl (C=O) groups excluding carboxylic acids is 2. The molecular formula is C16H16F6O4. The molecule has 0 aliphatic heterocycles. The third-order valence-electron chi connectivity index (χ3n) is 3.55. The molecule has 0 saturated heterocycles. The van der Waals surface area contributed by atoms with E-state index in [0.29, 0.717) is 6.42 Å². The quantitative estimate of drug-likeness (QED) is 0.421. The van der Waals surface area contributed by atoms with Crippen LogP contribution in [0.5, 0.6) is 5.75 Å². The molecule has 1 rings (SSSR count). The van der Waals surface area contributed by atoms with Crippen LogP contribution in [-0.4, -0.2) is 18.5 Å². The molecule has 0 amide bonds. The van der Waals surface area contributed by atoms with Gasteiger partial charge in [0.2, 0.25) is 0 Å². The highest BCUT2D eigenvalue weighted by Gasteiger charge is 2.37. The third-order valence-corrected chi connectivity index (χ3v) is 3.55. The summed E-state index contributed by atoms with van der Waals surface area (Å²) in [5.41, 5.74) is -4.15. The standard InChI is InChI=1S/C16H16F6O4/c1-4-14(2,3)13(24)25-8-12(23)26-11-6-9(15(17,18)19)5-10(7-11)16(20,21)22/h5-7H,4,8H2,1-3H3. The second-order valence-electron chi connectivity index (χ2n) is 6.03. The van der Waals surface area contributed by atoms with Gasteiger partial charge in [-0.15, -0.1) is 0 Å². The molecule has 146 valence electrons. The predicted molar refractivity (Wildman–Crippen MR) is 77.1 cm³/mol. The molecule has 0 saturated carbocycles. The molecule has 4 nitrogen and oxygen atoms in total. The van der Waals surface area contributed by atoms with Crippen molar-refractivity contribution in [3.05, 3.63) is 29.3 Å². The van der Waals surface area contributed by atoms with E-state index in [-0.39, 0.29) is 18.2 Å². The van der Waals surface area contributed by atoms with E-state index in [9.17, 15) is 35.9 Å². The van der Waals surface area contributed by atoms with Gasteiger partial charge in [-0.1, -0.05) is 6.92 Å². The van der Waals surface area contributed by atoms with Crippen molar-refractivity contribution < 1.29 is 45.4 Å². The molecule has 10 heteroatoms. The second-order valence-corrected chi connectivity index (χ2v) is 6.03. The first-order chi connectivity index (χ1) is 11.7. The molecule has 0 aliphatic carbocycles. The molecule has 0 spiro atoms. The maximum Gasteiger partial charge on any atom is 0.416 e. The fraction of sp³-hybridized carbons (Fsp3) is 0.500. The molecular weight excluding hydrogens is 370 g/mol. The molecule has 26 heavy (non-hydrogen) atoms. The first-order valence-corrected chi connectivity index (χ1v) is 7.34. The maximum atomic E-state index is 12.7. The molecule has 0 N–H and O–H groups in total. The lowest BCUT2D eigenvalue weighted by Crippen LogP contribution is -2.29. The maximum absolute atomic E-state index is 12.7. The van der Waals surface area contributed by atoms with E-state index < -0.39 is 53.2 Å². The Balaban J connectivity index is 2.95. The molecule has 1 aromatic rings. The van der Waals surface area contributed by atoms with Gasteiger partial charge in [0.1, 0.15) is 5.75 Å². The minimum absolute atomic E-state index is 0.0961. The Morgan fingerprint density at radius 2 is 1.38 bits per heavy atom. The van der Waals surface area contributed by atoms with Gasteiger partial charge in [-0.25, -0.2) is 4.79 Å². The number of esters is 2. The van der Waals surface area contributed by atoms with Gasteiger partial charge < -0.3 is 9.47 Å². The lowest BCUT2D eigenvalue weighted by Gasteiger charge is -2.20. The molecule has 1 aromatic carbocycles. The summed E-state index contributed by atoms with van der Waals surface area (Å²) in [5, 5.41) is 0. The van der Waals surface area contributed by atoms with Gasteiger partial charge in [0.25, 0.3) is 0 Å². The highest BCUT2D eigenvalue weighted by molar-refractivity contribution is 5.80. The van der Waals surface area contributed by atoms with Crippen LogP contribution in [-0.2, 0) is 26.7 Å². The van der Waals surface area contributed by atoms with Crippen molar-refractivity contribution in [2.45, 2.75) is 39.5 Å². The van der Waals surface area contributed by atoms with Crippen LogP contribution >= 0.6 is 0 Å². The van der Waals surface area contributed by atoms with E-state index in [2.05, 4.69) is 9.47 Å². The minimum Gasteiger partial charge on any atom is -0.453 e. The van der Waals surface area contributed by atoms with Crippen LogP contribution in [0.3, 0.4) is 0 Å². The molecule has 0 unspecified atom stereocenters. The summed E-state index contributed by atoms with van der Waals surface area (Å²) in [5.74, 6) is -3.02. The fourth-order valence-electron chi connectivity index (χ4n) is 1.61. The highest BCUT2D eigenvalue weighted by atomic mass is 19.4. The summed E-state index contributed by atoms with van der Waals surface area (Å²) < 4.78 is 85.5.